The van der Waals surface area contributed by atoms with Gasteiger partial charge in [-0.25, -0.2) is 9.78 Å². The van der Waals surface area contributed by atoms with Gasteiger partial charge in [0.05, 0.1) is 12.6 Å². The molecule has 1 aromatic heterocycles. The van der Waals surface area contributed by atoms with Gasteiger partial charge in [-0.15, -0.1) is 0 Å². The summed E-state index contributed by atoms with van der Waals surface area (Å²) in [4.78, 5) is 26.3. The zero-order valence-corrected chi connectivity index (χ0v) is 12.2. The van der Waals surface area contributed by atoms with Gasteiger partial charge in [0.15, 0.2) is 0 Å². The van der Waals surface area contributed by atoms with Gasteiger partial charge in [-0.2, -0.15) is 5.10 Å². The Labute approximate surface area is 127 Å². The van der Waals surface area contributed by atoms with Crippen molar-refractivity contribution in [2.75, 3.05) is 19.8 Å². The Morgan fingerprint density at radius 3 is 3.09 bits per heavy atom. The van der Waals surface area contributed by atoms with Gasteiger partial charge >= 0.3 is 5.97 Å². The van der Waals surface area contributed by atoms with E-state index in [0.29, 0.717) is 32.4 Å². The van der Waals surface area contributed by atoms with Gasteiger partial charge < -0.3 is 19.9 Å². The Bertz CT molecular complexity index is 479. The summed E-state index contributed by atoms with van der Waals surface area (Å²) in [7, 11) is 0. The molecular formula is C13H20N4O5. The van der Waals surface area contributed by atoms with Gasteiger partial charge in [0, 0.05) is 19.6 Å². The summed E-state index contributed by atoms with van der Waals surface area (Å²) in [6, 6.07) is -0.216. The molecular weight excluding hydrogens is 292 g/mol. The average molecular weight is 312 g/mol. The smallest absolute Gasteiger partial charge is 0.329 e. The molecule has 0 radical (unpaired) electrons. The van der Waals surface area contributed by atoms with E-state index in [1.54, 1.807) is 11.0 Å². The molecule has 2 rings (SSSR count). The molecule has 0 aromatic carbocycles. The van der Waals surface area contributed by atoms with Crippen molar-refractivity contribution < 1.29 is 24.2 Å². The van der Waals surface area contributed by atoms with E-state index in [1.165, 1.54) is 6.33 Å². The van der Waals surface area contributed by atoms with Crippen molar-refractivity contribution in [1.29, 1.82) is 0 Å². The molecule has 9 heteroatoms. The zero-order valence-electron chi connectivity index (χ0n) is 12.2. The molecule has 122 valence electrons. The van der Waals surface area contributed by atoms with Crippen LogP contribution in [-0.4, -0.2) is 63.7 Å². The number of nitrogens with zero attached hydrogens (tertiary/aromatic N) is 3. The molecule has 1 aliphatic heterocycles. The van der Waals surface area contributed by atoms with Crippen molar-refractivity contribution in [3.05, 3.63) is 12.7 Å². The Kier molecular flexibility index (Phi) is 6.28. The lowest BCUT2D eigenvalue weighted by Crippen LogP contribution is -2.50. The average Bonchev–Trinajstić information content (AvgIpc) is 2.99. The van der Waals surface area contributed by atoms with Crippen molar-refractivity contribution in [3.63, 3.8) is 0 Å². The second kappa shape index (κ2) is 8.44. The minimum atomic E-state index is -1.04. The number of carbonyl (C=O) groups excluding carboxylic acids is 1. The molecule has 1 aromatic rings. The van der Waals surface area contributed by atoms with Crippen LogP contribution < -0.4 is 5.32 Å². The van der Waals surface area contributed by atoms with Gasteiger partial charge in [-0.1, -0.05) is 0 Å². The van der Waals surface area contributed by atoms with E-state index in [2.05, 4.69) is 15.4 Å². The number of hydrogen-bond acceptors (Lipinski definition) is 6. The van der Waals surface area contributed by atoms with Crippen LogP contribution >= 0.6 is 0 Å². The minimum Gasteiger partial charge on any atom is -0.480 e. The standard InChI is InChI=1S/C13H20N4O5/c18-12(2-1-4-17-9-14-8-15-17)16-10-3-5-21-6-11(10)22-7-13(19)20/h8-11H,1-7H2,(H,16,18)(H,19,20)/t10-,11-/m1/s1. The van der Waals surface area contributed by atoms with Crippen LogP contribution in [0.15, 0.2) is 12.7 Å². The molecule has 1 aliphatic rings. The number of nitrogens with one attached hydrogen (secondary N) is 1. The number of hydrogen-bond donors (Lipinski definition) is 2. The molecule has 0 saturated carbocycles. The Balaban J connectivity index is 1.71. The first kappa shape index (κ1) is 16.4. The van der Waals surface area contributed by atoms with Gasteiger partial charge in [0.25, 0.3) is 0 Å². The third-order valence-electron chi connectivity index (χ3n) is 3.33. The number of carboxylic acid groups (broad SMARTS) is 1. The van der Waals surface area contributed by atoms with Crippen molar-refractivity contribution in [2.24, 2.45) is 0 Å². The third kappa shape index (κ3) is 5.41. The van der Waals surface area contributed by atoms with E-state index in [1.807, 2.05) is 0 Å². The highest BCUT2D eigenvalue weighted by Crippen LogP contribution is 2.12. The summed E-state index contributed by atoms with van der Waals surface area (Å²) in [5.74, 6) is -1.13. The lowest BCUT2D eigenvalue weighted by Gasteiger charge is -2.31. The first-order valence-electron chi connectivity index (χ1n) is 7.18. The number of carbonyl (C=O) groups is 2. The van der Waals surface area contributed by atoms with Crippen molar-refractivity contribution in [1.82, 2.24) is 20.1 Å². The summed E-state index contributed by atoms with van der Waals surface area (Å²) < 4.78 is 12.2. The second-order valence-corrected chi connectivity index (χ2v) is 5.04. The first-order chi connectivity index (χ1) is 10.6. The van der Waals surface area contributed by atoms with E-state index in [4.69, 9.17) is 14.6 Å². The highest BCUT2D eigenvalue weighted by atomic mass is 16.5. The fraction of sp³-hybridized carbons (Fsp3) is 0.692. The van der Waals surface area contributed by atoms with Gasteiger partial charge in [0.1, 0.15) is 25.4 Å². The Morgan fingerprint density at radius 2 is 2.36 bits per heavy atom. The molecule has 0 aliphatic carbocycles. The van der Waals surface area contributed by atoms with Gasteiger partial charge in [-0.05, 0) is 12.8 Å². The molecule has 2 atom stereocenters. The lowest BCUT2D eigenvalue weighted by molar-refractivity contribution is -0.149. The Morgan fingerprint density at radius 1 is 1.50 bits per heavy atom. The largest absolute Gasteiger partial charge is 0.480 e. The molecule has 2 N–H and O–H groups in total. The van der Waals surface area contributed by atoms with Crippen LogP contribution in [-0.2, 0) is 25.6 Å². The van der Waals surface area contributed by atoms with Gasteiger partial charge in [0.2, 0.25) is 5.91 Å². The maximum Gasteiger partial charge on any atom is 0.329 e. The van der Waals surface area contributed by atoms with Crippen LogP contribution in [0.1, 0.15) is 19.3 Å². The van der Waals surface area contributed by atoms with E-state index in [0.717, 1.165) is 0 Å². The first-order valence-corrected chi connectivity index (χ1v) is 7.18. The monoisotopic (exact) mass is 312 g/mol. The van der Waals surface area contributed by atoms with Crippen molar-refractivity contribution >= 4 is 11.9 Å². The third-order valence-corrected chi connectivity index (χ3v) is 3.33. The zero-order chi connectivity index (χ0) is 15.8. The van der Waals surface area contributed by atoms with Crippen molar-refractivity contribution in [2.45, 2.75) is 38.0 Å². The molecule has 2 heterocycles. The maximum atomic E-state index is 12.0. The quantitative estimate of drug-likeness (QED) is 0.660. The number of amides is 1. The molecule has 0 spiro atoms. The maximum absolute atomic E-state index is 12.0. The highest BCUT2D eigenvalue weighted by Gasteiger charge is 2.28. The normalized spacial score (nSPS) is 21.5. The SMILES string of the molecule is O=C(O)CO[C@@H]1COCC[C@H]1NC(=O)CCCn1cncn1. The molecule has 1 fully saturated rings. The number of aromatic nitrogens is 3. The van der Waals surface area contributed by atoms with Crippen LogP contribution in [0.25, 0.3) is 0 Å². The van der Waals surface area contributed by atoms with Crippen molar-refractivity contribution in [3.8, 4) is 0 Å². The molecule has 0 unspecified atom stereocenters. The number of aryl methyl sites for hydroxylation is 1. The summed E-state index contributed by atoms with van der Waals surface area (Å²) in [6.45, 7) is 1.04. The predicted octanol–water partition coefficient (Wildman–Crippen LogP) is -0.567. The van der Waals surface area contributed by atoms with Crippen LogP contribution in [0.3, 0.4) is 0 Å². The highest BCUT2D eigenvalue weighted by molar-refractivity contribution is 5.76. The van der Waals surface area contributed by atoms with E-state index in [9.17, 15) is 9.59 Å². The second-order valence-electron chi connectivity index (χ2n) is 5.04. The Hall–Kier alpha value is -2.00. The van der Waals surface area contributed by atoms with E-state index >= 15 is 0 Å². The summed E-state index contributed by atoms with van der Waals surface area (Å²) in [6.07, 6.45) is 4.25. The molecule has 9 nitrogen and oxygen atoms in total. The number of rotatable bonds is 8. The summed E-state index contributed by atoms with van der Waals surface area (Å²) in [5, 5.41) is 15.5. The van der Waals surface area contributed by atoms with Crippen LogP contribution in [0.2, 0.25) is 0 Å². The van der Waals surface area contributed by atoms with E-state index < -0.39 is 18.7 Å². The molecule has 1 amide bonds. The summed E-state index contributed by atoms with van der Waals surface area (Å²) in [5.41, 5.74) is 0. The van der Waals surface area contributed by atoms with Crippen LogP contribution in [0, 0.1) is 0 Å². The number of aliphatic carboxylic acids is 1. The fourth-order valence-corrected chi connectivity index (χ4v) is 2.25. The molecule has 22 heavy (non-hydrogen) atoms. The topological polar surface area (TPSA) is 116 Å². The summed E-state index contributed by atoms with van der Waals surface area (Å²) >= 11 is 0. The van der Waals surface area contributed by atoms with E-state index in [-0.39, 0.29) is 18.6 Å². The molecule has 1 saturated heterocycles. The lowest BCUT2D eigenvalue weighted by atomic mass is 10.1. The van der Waals surface area contributed by atoms with Gasteiger partial charge in [-0.3, -0.25) is 9.48 Å². The fourth-order valence-electron chi connectivity index (χ4n) is 2.25. The number of ether oxygens (including phenoxy) is 2. The molecule has 0 bridgehead atoms. The minimum absolute atomic E-state index is 0.0871. The van der Waals surface area contributed by atoms with Crippen LogP contribution in [0.5, 0.6) is 0 Å². The van der Waals surface area contributed by atoms with Crippen LogP contribution in [0.4, 0.5) is 0 Å². The predicted molar refractivity (Wildman–Crippen MR) is 74.0 cm³/mol. The number of carboxylic acids is 1.